The lowest BCUT2D eigenvalue weighted by atomic mass is 10.00. The molecule has 0 spiro atoms. The smallest absolute Gasteiger partial charge is 0.306 e. The summed E-state index contributed by atoms with van der Waals surface area (Å²) in [6, 6.07) is 16.6. The molecule has 2 aromatic carbocycles. The maximum Gasteiger partial charge on any atom is 0.326 e. The van der Waals surface area contributed by atoms with E-state index < -0.39 is 0 Å². The van der Waals surface area contributed by atoms with Crippen molar-refractivity contribution in [2.75, 3.05) is 13.1 Å². The lowest BCUT2D eigenvalue weighted by molar-refractivity contribution is 0.246. The third kappa shape index (κ3) is 2.82. The average molecular weight is 307 g/mol. The van der Waals surface area contributed by atoms with Crippen molar-refractivity contribution in [1.82, 2.24) is 14.5 Å². The van der Waals surface area contributed by atoms with Gasteiger partial charge in [-0.2, -0.15) is 0 Å². The second-order valence-corrected chi connectivity index (χ2v) is 6.25. The first-order chi connectivity index (χ1) is 11.3. The molecule has 0 radical (unpaired) electrons. The van der Waals surface area contributed by atoms with Crippen molar-refractivity contribution < 1.29 is 0 Å². The van der Waals surface area contributed by atoms with Gasteiger partial charge in [0.15, 0.2) is 0 Å². The summed E-state index contributed by atoms with van der Waals surface area (Å²) in [6.07, 6.45) is 2.12. The van der Waals surface area contributed by atoms with Crippen molar-refractivity contribution in [2.45, 2.75) is 25.9 Å². The molecule has 1 aromatic heterocycles. The molecule has 1 aliphatic rings. The second-order valence-electron chi connectivity index (χ2n) is 6.25. The Kier molecular flexibility index (Phi) is 3.75. The number of imidazole rings is 1. The summed E-state index contributed by atoms with van der Waals surface area (Å²) in [6.45, 7) is 3.93. The molecule has 1 N–H and O–H groups in total. The SMILES string of the molecule is O=c1[nH]c2ccccc2n1CCCN1CCc2ccccc2C1. The molecule has 0 amide bonds. The number of aryl methyl sites for hydroxylation is 1. The van der Waals surface area contributed by atoms with Crippen LogP contribution in [0.3, 0.4) is 0 Å². The molecule has 0 saturated heterocycles. The van der Waals surface area contributed by atoms with Crippen LogP contribution in [-0.4, -0.2) is 27.5 Å². The Hall–Kier alpha value is -2.33. The van der Waals surface area contributed by atoms with Crippen molar-refractivity contribution in [2.24, 2.45) is 0 Å². The van der Waals surface area contributed by atoms with Crippen molar-refractivity contribution in [3.05, 3.63) is 70.1 Å². The fourth-order valence-electron chi connectivity index (χ4n) is 3.53. The number of hydrogen-bond acceptors (Lipinski definition) is 2. The Labute approximate surface area is 135 Å². The first-order valence-electron chi connectivity index (χ1n) is 8.28. The highest BCUT2D eigenvalue weighted by Crippen LogP contribution is 2.18. The van der Waals surface area contributed by atoms with Gasteiger partial charge in [-0.15, -0.1) is 0 Å². The number of H-pyrrole nitrogens is 1. The number of nitrogens with one attached hydrogen (secondary N) is 1. The molecule has 0 saturated carbocycles. The minimum atomic E-state index is -0.00445. The number of aromatic nitrogens is 2. The van der Waals surface area contributed by atoms with Crippen LogP contribution in [0.2, 0.25) is 0 Å². The van der Waals surface area contributed by atoms with E-state index in [4.69, 9.17) is 0 Å². The minimum absolute atomic E-state index is 0.00445. The predicted octanol–water partition coefficient (Wildman–Crippen LogP) is 2.78. The molecule has 4 heteroatoms. The molecular weight excluding hydrogens is 286 g/mol. The number of benzene rings is 2. The molecule has 1 aliphatic heterocycles. The van der Waals surface area contributed by atoms with Crippen LogP contribution in [0.4, 0.5) is 0 Å². The summed E-state index contributed by atoms with van der Waals surface area (Å²) < 4.78 is 1.85. The van der Waals surface area contributed by atoms with E-state index in [1.807, 2.05) is 28.8 Å². The van der Waals surface area contributed by atoms with Crippen LogP contribution in [0, 0.1) is 0 Å². The van der Waals surface area contributed by atoms with Crippen LogP contribution in [0.15, 0.2) is 53.3 Å². The summed E-state index contributed by atoms with van der Waals surface area (Å²) in [4.78, 5) is 17.5. The average Bonchev–Trinajstić information content (AvgIpc) is 2.90. The highest BCUT2D eigenvalue weighted by molar-refractivity contribution is 5.74. The Morgan fingerprint density at radius 1 is 0.957 bits per heavy atom. The maximum absolute atomic E-state index is 12.1. The van der Waals surface area contributed by atoms with Crippen LogP contribution >= 0.6 is 0 Å². The maximum atomic E-state index is 12.1. The van der Waals surface area contributed by atoms with E-state index in [-0.39, 0.29) is 5.69 Å². The summed E-state index contributed by atoms with van der Waals surface area (Å²) in [7, 11) is 0. The Balaban J connectivity index is 1.41. The summed E-state index contributed by atoms with van der Waals surface area (Å²) >= 11 is 0. The van der Waals surface area contributed by atoms with Gasteiger partial charge in [0, 0.05) is 26.2 Å². The van der Waals surface area contributed by atoms with E-state index in [0.29, 0.717) is 0 Å². The third-order valence-electron chi connectivity index (χ3n) is 4.75. The fourth-order valence-corrected chi connectivity index (χ4v) is 3.53. The van der Waals surface area contributed by atoms with Crippen LogP contribution in [0.25, 0.3) is 11.0 Å². The van der Waals surface area contributed by atoms with Crippen LogP contribution in [0.5, 0.6) is 0 Å². The van der Waals surface area contributed by atoms with Crippen molar-refractivity contribution in [3.8, 4) is 0 Å². The Morgan fingerprint density at radius 2 is 1.74 bits per heavy atom. The van der Waals surface area contributed by atoms with Crippen LogP contribution < -0.4 is 5.69 Å². The van der Waals surface area contributed by atoms with Crippen molar-refractivity contribution in [3.63, 3.8) is 0 Å². The van der Waals surface area contributed by atoms with Gasteiger partial charge in [0.1, 0.15) is 0 Å². The van der Waals surface area contributed by atoms with Gasteiger partial charge in [0.05, 0.1) is 11.0 Å². The van der Waals surface area contributed by atoms with E-state index in [0.717, 1.165) is 50.1 Å². The Morgan fingerprint density at radius 3 is 2.65 bits per heavy atom. The molecule has 0 atom stereocenters. The predicted molar refractivity (Wildman–Crippen MR) is 92.6 cm³/mol. The number of aromatic amines is 1. The van der Waals surface area contributed by atoms with E-state index in [9.17, 15) is 4.79 Å². The molecule has 118 valence electrons. The van der Waals surface area contributed by atoms with Gasteiger partial charge in [-0.1, -0.05) is 36.4 Å². The molecule has 0 aliphatic carbocycles. The van der Waals surface area contributed by atoms with Gasteiger partial charge < -0.3 is 4.98 Å². The molecular formula is C19H21N3O. The molecule has 2 heterocycles. The van der Waals surface area contributed by atoms with E-state index >= 15 is 0 Å². The monoisotopic (exact) mass is 307 g/mol. The van der Waals surface area contributed by atoms with Crippen LogP contribution in [-0.2, 0) is 19.5 Å². The molecule has 23 heavy (non-hydrogen) atoms. The summed E-state index contributed by atoms with van der Waals surface area (Å²) in [5.41, 5.74) is 4.85. The Bertz CT molecular complexity index is 877. The van der Waals surface area contributed by atoms with Gasteiger partial charge in [-0.3, -0.25) is 9.47 Å². The van der Waals surface area contributed by atoms with Crippen LogP contribution in [0.1, 0.15) is 17.5 Å². The molecule has 0 fully saturated rings. The van der Waals surface area contributed by atoms with Crippen molar-refractivity contribution in [1.29, 1.82) is 0 Å². The second kappa shape index (κ2) is 6.05. The highest BCUT2D eigenvalue weighted by atomic mass is 16.1. The largest absolute Gasteiger partial charge is 0.326 e. The number of fused-ring (bicyclic) bond motifs is 2. The number of rotatable bonds is 4. The van der Waals surface area contributed by atoms with Crippen molar-refractivity contribution >= 4 is 11.0 Å². The molecule has 0 bridgehead atoms. The summed E-state index contributed by atoms with van der Waals surface area (Å²) in [5.74, 6) is 0. The zero-order valence-corrected chi connectivity index (χ0v) is 13.2. The lowest BCUT2D eigenvalue weighted by Gasteiger charge is -2.28. The first-order valence-corrected chi connectivity index (χ1v) is 8.28. The van der Waals surface area contributed by atoms with Gasteiger partial charge in [-0.25, -0.2) is 4.79 Å². The molecule has 3 aromatic rings. The normalized spacial score (nSPS) is 15.0. The fraction of sp³-hybridized carbons (Fsp3) is 0.316. The molecule has 4 nitrogen and oxygen atoms in total. The zero-order valence-electron chi connectivity index (χ0n) is 13.2. The number of para-hydroxylation sites is 2. The lowest BCUT2D eigenvalue weighted by Crippen LogP contribution is -2.32. The molecule has 4 rings (SSSR count). The van der Waals surface area contributed by atoms with E-state index in [2.05, 4.69) is 34.1 Å². The number of nitrogens with zero attached hydrogens (tertiary/aromatic N) is 2. The third-order valence-corrected chi connectivity index (χ3v) is 4.75. The van der Waals surface area contributed by atoms with Gasteiger partial charge in [0.25, 0.3) is 0 Å². The van der Waals surface area contributed by atoms with Gasteiger partial charge in [0.2, 0.25) is 0 Å². The number of hydrogen-bond donors (Lipinski definition) is 1. The topological polar surface area (TPSA) is 41.0 Å². The zero-order chi connectivity index (χ0) is 15.6. The van der Waals surface area contributed by atoms with E-state index in [1.165, 1.54) is 11.1 Å². The minimum Gasteiger partial charge on any atom is -0.306 e. The highest BCUT2D eigenvalue weighted by Gasteiger charge is 2.15. The summed E-state index contributed by atoms with van der Waals surface area (Å²) in [5, 5.41) is 0. The molecule has 0 unspecified atom stereocenters. The standard InChI is InChI=1S/C19H21N3O/c23-19-20-17-8-3-4-9-18(17)22(19)12-5-11-21-13-10-15-6-1-2-7-16(15)14-21/h1-4,6-9H,5,10-14H2,(H,20,23). The van der Waals surface area contributed by atoms with E-state index in [1.54, 1.807) is 0 Å². The van der Waals surface area contributed by atoms with Gasteiger partial charge in [-0.05, 0) is 36.1 Å². The quantitative estimate of drug-likeness (QED) is 0.805. The van der Waals surface area contributed by atoms with Gasteiger partial charge >= 0.3 is 5.69 Å². The first kappa shape index (κ1) is 14.3.